The molecule has 0 saturated carbocycles. The summed E-state index contributed by atoms with van der Waals surface area (Å²) in [6.07, 6.45) is -0.774. The molecule has 11 heteroatoms. The standard InChI is InChI=1S/C21H52O6Si5/c1-28(2,3)23-17-20(26-31(10,11)12)18(24-29(4,5)6)16-19(25-30(7,8)9)21(22)27-32(13,14)15/h18-20H,16-17H2,1-15H3. The summed E-state index contributed by atoms with van der Waals surface area (Å²) in [6, 6.07) is 0. The lowest BCUT2D eigenvalue weighted by Gasteiger charge is -2.39. The summed E-state index contributed by atoms with van der Waals surface area (Å²) in [4.78, 5) is 13.2. The van der Waals surface area contributed by atoms with Gasteiger partial charge < -0.3 is 22.1 Å². The van der Waals surface area contributed by atoms with E-state index in [4.69, 9.17) is 22.1 Å². The van der Waals surface area contributed by atoms with Crippen LogP contribution in [0.1, 0.15) is 6.42 Å². The molecule has 0 rings (SSSR count). The van der Waals surface area contributed by atoms with Gasteiger partial charge in [-0.05, 0) is 98.2 Å². The molecular formula is C21H52O6Si5. The number of carbonyl (C=O) groups is 1. The molecule has 0 bridgehead atoms. The van der Waals surface area contributed by atoms with Crippen molar-refractivity contribution in [2.45, 2.75) is 123 Å². The molecular weight excluding hydrogens is 489 g/mol. The molecule has 3 atom stereocenters. The van der Waals surface area contributed by atoms with E-state index in [0.717, 1.165) is 0 Å². The fraction of sp³-hybridized carbons (Fsp3) is 0.952. The van der Waals surface area contributed by atoms with Gasteiger partial charge in [0.2, 0.25) is 8.32 Å². The molecule has 192 valence electrons. The monoisotopic (exact) mass is 540 g/mol. The molecule has 6 nitrogen and oxygen atoms in total. The molecule has 0 spiro atoms. The topological polar surface area (TPSA) is 63.2 Å². The van der Waals surface area contributed by atoms with Crippen LogP contribution in [0.2, 0.25) is 98.2 Å². The zero-order valence-electron chi connectivity index (χ0n) is 23.6. The Morgan fingerprint density at radius 3 is 1.31 bits per heavy atom. The smallest absolute Gasteiger partial charge is 0.320 e. The Balaban J connectivity index is 6.07. The summed E-state index contributed by atoms with van der Waals surface area (Å²) in [7, 11) is -9.63. The first kappa shape index (κ1) is 32.4. The fourth-order valence-corrected chi connectivity index (χ4v) is 7.66. The zero-order valence-corrected chi connectivity index (χ0v) is 28.6. The molecule has 0 saturated heterocycles. The molecule has 0 aromatic heterocycles. The molecule has 0 aliphatic carbocycles. The second kappa shape index (κ2) is 11.9. The minimum atomic E-state index is -2.05. The third kappa shape index (κ3) is 17.8. The van der Waals surface area contributed by atoms with E-state index >= 15 is 0 Å². The SMILES string of the molecule is C[Si](C)(C)OCC(O[Si](C)(C)C)C(CC(O[Si](C)(C)C)C(=O)O[Si](C)(C)C)O[Si](C)(C)C. The average Bonchev–Trinajstić information content (AvgIpc) is 2.43. The van der Waals surface area contributed by atoms with Crippen LogP contribution in [0.15, 0.2) is 0 Å². The van der Waals surface area contributed by atoms with Crippen LogP contribution in [0.4, 0.5) is 0 Å². The Morgan fingerprint density at radius 2 is 0.969 bits per heavy atom. The van der Waals surface area contributed by atoms with Gasteiger partial charge in [-0.15, -0.1) is 0 Å². The first-order valence-corrected chi connectivity index (χ1v) is 28.8. The van der Waals surface area contributed by atoms with E-state index < -0.39 is 47.7 Å². The van der Waals surface area contributed by atoms with Crippen LogP contribution in [-0.2, 0) is 26.9 Å². The molecule has 3 unspecified atom stereocenters. The van der Waals surface area contributed by atoms with Gasteiger partial charge in [0.25, 0.3) is 0 Å². The van der Waals surface area contributed by atoms with Gasteiger partial charge in [-0.25, -0.2) is 0 Å². The highest BCUT2D eigenvalue weighted by molar-refractivity contribution is 6.72. The molecule has 0 fully saturated rings. The van der Waals surface area contributed by atoms with Crippen molar-refractivity contribution in [3.05, 3.63) is 0 Å². The van der Waals surface area contributed by atoms with Crippen molar-refractivity contribution in [2.24, 2.45) is 0 Å². The van der Waals surface area contributed by atoms with Gasteiger partial charge in [0.05, 0.1) is 18.8 Å². The molecule has 0 aromatic carbocycles. The number of rotatable bonds is 14. The van der Waals surface area contributed by atoms with E-state index in [9.17, 15) is 4.79 Å². The fourth-order valence-electron chi connectivity index (χ4n) is 2.93. The highest BCUT2D eigenvalue weighted by Gasteiger charge is 2.39. The van der Waals surface area contributed by atoms with Crippen LogP contribution < -0.4 is 0 Å². The van der Waals surface area contributed by atoms with E-state index in [2.05, 4.69) is 78.6 Å². The lowest BCUT2D eigenvalue weighted by atomic mass is 10.1. The van der Waals surface area contributed by atoms with E-state index in [0.29, 0.717) is 13.0 Å². The molecule has 0 N–H and O–H groups in total. The Hall–Kier alpha value is 0.394. The van der Waals surface area contributed by atoms with Crippen LogP contribution in [0, 0.1) is 0 Å². The van der Waals surface area contributed by atoms with Crippen LogP contribution in [0.5, 0.6) is 0 Å². The predicted molar refractivity (Wildman–Crippen MR) is 148 cm³/mol. The van der Waals surface area contributed by atoms with E-state index in [1.165, 1.54) is 0 Å². The molecule has 32 heavy (non-hydrogen) atoms. The van der Waals surface area contributed by atoms with Crippen molar-refractivity contribution in [2.75, 3.05) is 6.61 Å². The summed E-state index contributed by atoms with van der Waals surface area (Å²) in [5, 5.41) is 0. The zero-order chi connectivity index (χ0) is 25.8. The maximum absolute atomic E-state index is 13.2. The normalized spacial score (nSPS) is 17.1. The maximum atomic E-state index is 13.2. The Kier molecular flexibility index (Phi) is 12.0. The average molecular weight is 541 g/mol. The van der Waals surface area contributed by atoms with Gasteiger partial charge >= 0.3 is 5.97 Å². The van der Waals surface area contributed by atoms with Gasteiger partial charge in [-0.1, -0.05) is 0 Å². The van der Waals surface area contributed by atoms with Gasteiger partial charge in [-0.2, -0.15) is 0 Å². The Morgan fingerprint density at radius 1 is 0.562 bits per heavy atom. The molecule has 0 aliphatic rings. The summed E-state index contributed by atoms with van der Waals surface area (Å²) >= 11 is 0. The Bertz CT molecular complexity index is 582. The molecule has 0 heterocycles. The highest BCUT2D eigenvalue weighted by Crippen LogP contribution is 2.25. The van der Waals surface area contributed by atoms with Crippen molar-refractivity contribution in [1.82, 2.24) is 0 Å². The third-order valence-electron chi connectivity index (χ3n) is 3.72. The van der Waals surface area contributed by atoms with Gasteiger partial charge in [0, 0.05) is 6.42 Å². The van der Waals surface area contributed by atoms with Crippen molar-refractivity contribution < 1.29 is 26.9 Å². The van der Waals surface area contributed by atoms with Crippen LogP contribution in [0.3, 0.4) is 0 Å². The molecule has 0 radical (unpaired) electrons. The van der Waals surface area contributed by atoms with Crippen molar-refractivity contribution >= 4 is 47.6 Å². The molecule has 0 aromatic rings. The van der Waals surface area contributed by atoms with E-state index in [1.807, 2.05) is 19.6 Å². The summed E-state index contributed by atoms with van der Waals surface area (Å²) < 4.78 is 31.8. The number of hydrogen-bond acceptors (Lipinski definition) is 6. The molecule has 0 amide bonds. The second-order valence-corrected chi connectivity index (χ2v) is 35.8. The van der Waals surface area contributed by atoms with Crippen LogP contribution in [-0.4, -0.2) is 72.5 Å². The highest BCUT2D eigenvalue weighted by atomic mass is 28.4. The number of carbonyl (C=O) groups excluding carboxylic acids is 1. The van der Waals surface area contributed by atoms with Gasteiger partial charge in [0.15, 0.2) is 33.3 Å². The minimum Gasteiger partial charge on any atom is -0.518 e. The Labute approximate surface area is 203 Å². The summed E-state index contributed by atoms with van der Waals surface area (Å²) in [5.74, 6) is -0.270. The minimum absolute atomic E-state index is 0.243. The lowest BCUT2D eigenvalue weighted by Crippen LogP contribution is -2.51. The van der Waals surface area contributed by atoms with E-state index in [1.54, 1.807) is 0 Å². The lowest BCUT2D eigenvalue weighted by molar-refractivity contribution is -0.145. The summed E-state index contributed by atoms with van der Waals surface area (Å²) in [5.41, 5.74) is 0. The van der Waals surface area contributed by atoms with Crippen molar-refractivity contribution in [1.29, 1.82) is 0 Å². The first-order chi connectivity index (χ1) is 13.9. The van der Waals surface area contributed by atoms with Crippen molar-refractivity contribution in [3.8, 4) is 0 Å². The van der Waals surface area contributed by atoms with E-state index in [-0.39, 0.29) is 18.2 Å². The predicted octanol–water partition coefficient (Wildman–Crippen LogP) is 6.27. The van der Waals surface area contributed by atoms with Crippen LogP contribution >= 0.6 is 0 Å². The largest absolute Gasteiger partial charge is 0.518 e. The van der Waals surface area contributed by atoms with Crippen LogP contribution in [0.25, 0.3) is 0 Å². The second-order valence-electron chi connectivity index (χ2n) is 13.4. The van der Waals surface area contributed by atoms with Gasteiger partial charge in [-0.3, -0.25) is 4.79 Å². The summed E-state index contributed by atoms with van der Waals surface area (Å²) in [6.45, 7) is 32.4. The maximum Gasteiger partial charge on any atom is 0.320 e. The third-order valence-corrected chi connectivity index (χ3v) is 8.57. The first-order valence-electron chi connectivity index (χ1n) is 11.8. The van der Waals surface area contributed by atoms with Crippen molar-refractivity contribution in [3.63, 3.8) is 0 Å². The quantitative estimate of drug-likeness (QED) is 0.242. The van der Waals surface area contributed by atoms with Gasteiger partial charge in [0.1, 0.15) is 6.10 Å². The molecule has 0 aliphatic heterocycles. The number of hydrogen-bond donors (Lipinski definition) is 0.